The molecule has 0 atom stereocenters. The molecule has 6 heteroatoms. The number of Topliss-reactive ketones (excluding diaryl/α,β-unsaturated/α-hetero) is 1. The van der Waals surface area contributed by atoms with Crippen molar-refractivity contribution in [2.75, 3.05) is 0 Å². The summed E-state index contributed by atoms with van der Waals surface area (Å²) in [5.74, 6) is 0.282. The van der Waals surface area contributed by atoms with Crippen LogP contribution < -0.4 is 5.69 Å². The lowest BCUT2D eigenvalue weighted by Crippen LogP contribution is -2.05. The Morgan fingerprint density at radius 3 is 2.05 bits per heavy atom. The Morgan fingerprint density at radius 2 is 1.77 bits per heavy atom. The third-order valence-corrected chi connectivity index (χ3v) is 2.16. The Bertz CT molecular complexity index is 589. The molecule has 0 bridgehead atoms. The molecule has 22 heavy (non-hydrogen) atoms. The minimum absolute atomic E-state index is 0. The Labute approximate surface area is 129 Å². The van der Waals surface area contributed by atoms with Gasteiger partial charge in [0.15, 0.2) is 11.6 Å². The van der Waals surface area contributed by atoms with Gasteiger partial charge in [0.25, 0.3) is 0 Å². The summed E-state index contributed by atoms with van der Waals surface area (Å²) >= 11 is 0. The van der Waals surface area contributed by atoms with E-state index in [0.717, 1.165) is 0 Å². The molecule has 116 valence electrons. The molecular weight excluding hydrogens is 282 g/mol. The highest BCUT2D eigenvalue weighted by molar-refractivity contribution is 6.28. The Hall–Kier alpha value is -2.89. The molecule has 1 aromatic heterocycles. The lowest BCUT2D eigenvalue weighted by molar-refractivity contribution is -0.114. The number of carbonyl (C=O) groups is 2. The molecular formula is C16H19N3O3. The van der Waals surface area contributed by atoms with Gasteiger partial charge in [-0.05, 0) is 12.1 Å². The maximum Gasteiger partial charge on any atom is 0.344 e. The van der Waals surface area contributed by atoms with Crippen LogP contribution in [0.15, 0.2) is 64.8 Å². The summed E-state index contributed by atoms with van der Waals surface area (Å²) in [4.78, 5) is 40.0. The summed E-state index contributed by atoms with van der Waals surface area (Å²) in [7, 11) is 0. The lowest BCUT2D eigenvalue weighted by atomic mass is 10.2. The van der Waals surface area contributed by atoms with Crippen molar-refractivity contribution in [3.63, 3.8) is 0 Å². The summed E-state index contributed by atoms with van der Waals surface area (Å²) in [6.45, 7) is 0. The fourth-order valence-electron chi connectivity index (χ4n) is 1.21. The molecule has 1 N–H and O–H groups in total. The van der Waals surface area contributed by atoms with Crippen LogP contribution in [0.25, 0.3) is 0 Å². The van der Waals surface area contributed by atoms with Crippen LogP contribution in [0, 0.1) is 0 Å². The largest absolute Gasteiger partial charge is 0.344 e. The van der Waals surface area contributed by atoms with Crippen molar-refractivity contribution >= 4 is 17.8 Å². The summed E-state index contributed by atoms with van der Waals surface area (Å²) < 4.78 is 0. The number of hydrogen-bond donors (Lipinski definition) is 1. The number of rotatable bonds is 0. The maximum atomic E-state index is 10.3. The van der Waals surface area contributed by atoms with Crippen LogP contribution in [-0.2, 0) is 9.59 Å². The van der Waals surface area contributed by atoms with Crippen LogP contribution in [0.2, 0.25) is 0 Å². The van der Waals surface area contributed by atoms with E-state index >= 15 is 0 Å². The van der Waals surface area contributed by atoms with Crippen LogP contribution in [-0.4, -0.2) is 27.7 Å². The topological polar surface area (TPSA) is 92.2 Å². The minimum Gasteiger partial charge on any atom is -0.313 e. The van der Waals surface area contributed by atoms with E-state index in [0.29, 0.717) is 12.8 Å². The number of aliphatic imine (C=N–C) groups is 1. The Balaban J connectivity index is 0.000000294. The SMILES string of the molecule is C.O=C1C=CC=CC1.O=C1C=NC=CC1.O=c1nccc[nH]1. The van der Waals surface area contributed by atoms with Gasteiger partial charge < -0.3 is 4.98 Å². The molecule has 0 unspecified atom stereocenters. The number of allylic oxidation sites excluding steroid dienone is 5. The molecule has 1 aliphatic heterocycles. The lowest BCUT2D eigenvalue weighted by Gasteiger charge is -1.88. The number of aromatic nitrogens is 2. The van der Waals surface area contributed by atoms with Gasteiger partial charge in [-0.15, -0.1) is 0 Å². The van der Waals surface area contributed by atoms with Gasteiger partial charge in [0.05, 0.1) is 6.21 Å². The molecule has 1 aliphatic carbocycles. The third-order valence-electron chi connectivity index (χ3n) is 2.16. The maximum absolute atomic E-state index is 10.3. The number of nitrogens with one attached hydrogen (secondary N) is 1. The highest BCUT2D eigenvalue weighted by Gasteiger charge is 1.93. The van der Waals surface area contributed by atoms with E-state index in [9.17, 15) is 14.4 Å². The minimum atomic E-state index is -0.303. The van der Waals surface area contributed by atoms with Crippen molar-refractivity contribution in [1.29, 1.82) is 0 Å². The van der Waals surface area contributed by atoms with Gasteiger partial charge in [0.2, 0.25) is 0 Å². The second-order valence-corrected chi connectivity index (χ2v) is 3.88. The van der Waals surface area contributed by atoms with E-state index in [4.69, 9.17) is 0 Å². The van der Waals surface area contributed by atoms with Gasteiger partial charge in [-0.3, -0.25) is 14.6 Å². The standard InChI is InChI=1S/C6H6O.C5H5NO.C4H4N2O.CH4/c7-6-4-2-1-3-5-6;7-5-2-1-3-6-4-5;7-4-5-2-1-3-6-4;/h1-4H,5H2;1,3-4H,2H2;1-3H,(H,5,6,7);1H4. The van der Waals surface area contributed by atoms with Crippen LogP contribution >= 0.6 is 0 Å². The zero-order chi connectivity index (χ0) is 15.3. The molecule has 0 fully saturated rings. The summed E-state index contributed by atoms with van der Waals surface area (Å²) in [5, 5.41) is 0. The highest BCUT2D eigenvalue weighted by Crippen LogP contribution is 1.94. The molecule has 2 aliphatic rings. The number of ketones is 2. The molecule has 0 radical (unpaired) electrons. The van der Waals surface area contributed by atoms with Crippen LogP contribution in [0.1, 0.15) is 20.3 Å². The number of nitrogens with zero attached hydrogens (tertiary/aromatic N) is 2. The predicted molar refractivity (Wildman–Crippen MR) is 86.7 cm³/mol. The second-order valence-electron chi connectivity index (χ2n) is 3.88. The number of hydrogen-bond acceptors (Lipinski definition) is 5. The predicted octanol–water partition coefficient (Wildman–Crippen LogP) is 2.02. The fraction of sp³-hybridized carbons (Fsp3) is 0.188. The van der Waals surface area contributed by atoms with Gasteiger partial charge in [-0.25, -0.2) is 9.78 Å². The quantitative estimate of drug-likeness (QED) is 0.793. The molecule has 0 aromatic carbocycles. The van der Waals surface area contributed by atoms with E-state index in [1.807, 2.05) is 12.2 Å². The number of H-pyrrole nitrogens is 1. The average Bonchev–Trinajstić information content (AvgIpc) is 2.51. The van der Waals surface area contributed by atoms with Crippen molar-refractivity contribution in [2.45, 2.75) is 20.3 Å². The zero-order valence-corrected chi connectivity index (χ0v) is 11.3. The zero-order valence-electron chi connectivity index (χ0n) is 11.3. The Morgan fingerprint density at radius 1 is 1.00 bits per heavy atom. The van der Waals surface area contributed by atoms with Gasteiger partial charge in [-0.2, -0.15) is 0 Å². The van der Waals surface area contributed by atoms with E-state index in [1.165, 1.54) is 18.6 Å². The normalized spacial score (nSPS) is 14.2. The van der Waals surface area contributed by atoms with Crippen LogP contribution in [0.4, 0.5) is 0 Å². The molecule has 0 amide bonds. The van der Waals surface area contributed by atoms with Gasteiger partial charge >= 0.3 is 5.69 Å². The second kappa shape index (κ2) is 11.9. The fourth-order valence-corrected chi connectivity index (χ4v) is 1.21. The van der Waals surface area contributed by atoms with Gasteiger partial charge in [-0.1, -0.05) is 31.7 Å². The average molecular weight is 301 g/mol. The first-order valence-corrected chi connectivity index (χ1v) is 6.25. The first kappa shape index (κ1) is 19.1. The molecule has 2 heterocycles. The first-order valence-electron chi connectivity index (χ1n) is 6.25. The molecule has 6 nitrogen and oxygen atoms in total. The smallest absolute Gasteiger partial charge is 0.313 e. The third kappa shape index (κ3) is 9.96. The van der Waals surface area contributed by atoms with Gasteiger partial charge in [0.1, 0.15) is 0 Å². The summed E-state index contributed by atoms with van der Waals surface area (Å²) in [5.41, 5.74) is -0.303. The van der Waals surface area contributed by atoms with Crippen LogP contribution in [0.5, 0.6) is 0 Å². The van der Waals surface area contributed by atoms with E-state index in [-0.39, 0.29) is 24.7 Å². The molecule has 0 saturated carbocycles. The van der Waals surface area contributed by atoms with Gasteiger partial charge in [0, 0.05) is 31.4 Å². The van der Waals surface area contributed by atoms with Crippen molar-refractivity contribution in [2.24, 2.45) is 4.99 Å². The first-order chi connectivity index (χ1) is 10.2. The number of aromatic amines is 1. The summed E-state index contributed by atoms with van der Waals surface area (Å²) in [6.07, 6.45) is 15.8. The number of carbonyl (C=O) groups excluding carboxylic acids is 2. The Kier molecular flexibility index (Phi) is 10.3. The monoisotopic (exact) mass is 301 g/mol. The van der Waals surface area contributed by atoms with E-state index in [1.54, 1.807) is 30.5 Å². The molecule has 0 saturated heterocycles. The van der Waals surface area contributed by atoms with Crippen molar-refractivity contribution in [3.8, 4) is 0 Å². The van der Waals surface area contributed by atoms with Crippen molar-refractivity contribution in [1.82, 2.24) is 9.97 Å². The van der Waals surface area contributed by atoms with Crippen LogP contribution in [0.3, 0.4) is 0 Å². The van der Waals surface area contributed by atoms with Crippen molar-refractivity contribution in [3.05, 3.63) is 65.5 Å². The molecule has 1 aromatic rings. The summed E-state index contributed by atoms with van der Waals surface area (Å²) in [6, 6.07) is 1.65. The van der Waals surface area contributed by atoms with E-state index in [2.05, 4.69) is 15.0 Å². The van der Waals surface area contributed by atoms with E-state index < -0.39 is 0 Å². The molecule has 3 rings (SSSR count). The molecule has 0 spiro atoms. The van der Waals surface area contributed by atoms with Crippen molar-refractivity contribution < 1.29 is 9.59 Å². The highest BCUT2D eigenvalue weighted by atomic mass is 16.1.